The van der Waals surface area contributed by atoms with Crippen molar-refractivity contribution >= 4 is 35.8 Å². The van der Waals surface area contributed by atoms with E-state index in [1.807, 2.05) is 0 Å². The molecule has 232 valence electrons. The van der Waals surface area contributed by atoms with E-state index >= 15 is 0 Å². The second-order valence-electron chi connectivity index (χ2n) is 10.6. The third kappa shape index (κ3) is 14.9. The lowest BCUT2D eigenvalue weighted by molar-refractivity contribution is -0.146. The van der Waals surface area contributed by atoms with Gasteiger partial charge in [0.1, 0.15) is 0 Å². The Morgan fingerprint density at radius 3 is 1.44 bits per heavy atom. The number of amides is 6. The molecule has 12 nitrogen and oxygen atoms in total. The standard InChI is InChI=1S/C29H48N4O8/c34-24-14-5-3-11-20-32(24)28(38)30-18-9-1-7-16-26(36)40-22-13-23-41-27(37)17-8-2-10-19-31-29(39)33-21-12-4-6-15-25(33)35/h1-23H2,(H,30,38)(H,31,39). The van der Waals surface area contributed by atoms with Crippen LogP contribution in [0.5, 0.6) is 0 Å². The molecular formula is C29H48N4O8. The van der Waals surface area contributed by atoms with Gasteiger partial charge in [0.2, 0.25) is 11.8 Å². The molecule has 0 aromatic heterocycles. The lowest BCUT2D eigenvalue weighted by Gasteiger charge is -2.18. The van der Waals surface area contributed by atoms with Crippen LogP contribution in [0, 0.1) is 0 Å². The van der Waals surface area contributed by atoms with Crippen LogP contribution < -0.4 is 10.6 Å². The third-order valence-electron chi connectivity index (χ3n) is 7.12. The fraction of sp³-hybridized carbons (Fsp3) is 0.793. The fourth-order valence-electron chi connectivity index (χ4n) is 4.69. The number of hydrogen-bond donors (Lipinski definition) is 2. The van der Waals surface area contributed by atoms with Crippen LogP contribution in [0.2, 0.25) is 0 Å². The average molecular weight is 581 g/mol. The number of imide groups is 2. The summed E-state index contributed by atoms with van der Waals surface area (Å²) in [6.07, 6.45) is 11.4. The van der Waals surface area contributed by atoms with Crippen LogP contribution >= 0.6 is 0 Å². The monoisotopic (exact) mass is 580 g/mol. The third-order valence-corrected chi connectivity index (χ3v) is 7.12. The molecule has 6 amide bonds. The highest BCUT2D eigenvalue weighted by atomic mass is 16.5. The highest BCUT2D eigenvalue weighted by Gasteiger charge is 2.23. The molecule has 0 aliphatic carbocycles. The smallest absolute Gasteiger partial charge is 0.324 e. The molecule has 2 N–H and O–H groups in total. The zero-order chi connectivity index (χ0) is 29.7. The van der Waals surface area contributed by atoms with Crippen molar-refractivity contribution in [1.82, 2.24) is 20.4 Å². The van der Waals surface area contributed by atoms with Crippen molar-refractivity contribution in [2.24, 2.45) is 0 Å². The number of likely N-dealkylation sites (tertiary alicyclic amines) is 2. The summed E-state index contributed by atoms with van der Waals surface area (Å²) >= 11 is 0. The van der Waals surface area contributed by atoms with E-state index < -0.39 is 0 Å². The van der Waals surface area contributed by atoms with Crippen molar-refractivity contribution in [3.8, 4) is 0 Å². The Hall–Kier alpha value is -3.18. The van der Waals surface area contributed by atoms with E-state index in [0.717, 1.165) is 51.4 Å². The molecule has 0 aromatic carbocycles. The molecule has 0 saturated carbocycles. The van der Waals surface area contributed by atoms with Crippen LogP contribution in [0.1, 0.15) is 109 Å². The molecule has 2 rings (SSSR count). The first-order chi connectivity index (χ1) is 19.9. The largest absolute Gasteiger partial charge is 0.466 e. The van der Waals surface area contributed by atoms with E-state index in [4.69, 9.17) is 9.47 Å². The van der Waals surface area contributed by atoms with E-state index in [9.17, 15) is 28.8 Å². The number of urea groups is 2. The van der Waals surface area contributed by atoms with Gasteiger partial charge in [0.15, 0.2) is 0 Å². The van der Waals surface area contributed by atoms with Gasteiger partial charge >= 0.3 is 24.0 Å². The van der Waals surface area contributed by atoms with Crippen molar-refractivity contribution in [2.45, 2.75) is 109 Å². The molecule has 2 saturated heterocycles. The summed E-state index contributed by atoms with van der Waals surface area (Å²) in [5.74, 6) is -0.836. The number of nitrogens with one attached hydrogen (secondary N) is 2. The Balaban J connectivity index is 1.36. The van der Waals surface area contributed by atoms with Gasteiger partial charge in [-0.05, 0) is 51.4 Å². The summed E-state index contributed by atoms with van der Waals surface area (Å²) < 4.78 is 10.3. The van der Waals surface area contributed by atoms with Gasteiger partial charge in [0, 0.05) is 58.3 Å². The van der Waals surface area contributed by atoms with Gasteiger partial charge in [-0.2, -0.15) is 0 Å². The number of nitrogens with zero attached hydrogens (tertiary/aromatic N) is 2. The molecule has 0 spiro atoms. The van der Waals surface area contributed by atoms with Crippen molar-refractivity contribution < 1.29 is 38.2 Å². The minimum Gasteiger partial charge on any atom is -0.466 e. The maximum absolute atomic E-state index is 12.2. The Morgan fingerprint density at radius 1 is 0.561 bits per heavy atom. The van der Waals surface area contributed by atoms with Gasteiger partial charge in [0.05, 0.1) is 13.2 Å². The maximum atomic E-state index is 12.2. The minimum atomic E-state index is -0.333. The zero-order valence-electron chi connectivity index (χ0n) is 24.4. The molecule has 2 aliphatic rings. The lowest BCUT2D eigenvalue weighted by Crippen LogP contribution is -2.43. The first-order valence-corrected chi connectivity index (χ1v) is 15.4. The van der Waals surface area contributed by atoms with Crippen LogP contribution in [0.4, 0.5) is 9.59 Å². The van der Waals surface area contributed by atoms with E-state index in [-0.39, 0.29) is 61.9 Å². The Bertz CT molecular complexity index is 798. The quantitative estimate of drug-likeness (QED) is 0.207. The molecule has 2 heterocycles. The lowest BCUT2D eigenvalue weighted by atomic mass is 10.2. The zero-order valence-corrected chi connectivity index (χ0v) is 24.4. The second-order valence-corrected chi connectivity index (χ2v) is 10.6. The van der Waals surface area contributed by atoms with Crippen molar-refractivity contribution in [3.63, 3.8) is 0 Å². The molecule has 0 unspecified atom stereocenters. The van der Waals surface area contributed by atoms with Gasteiger partial charge in [-0.15, -0.1) is 0 Å². The van der Waals surface area contributed by atoms with Crippen molar-refractivity contribution in [2.75, 3.05) is 39.4 Å². The number of carbonyl (C=O) groups is 6. The fourth-order valence-corrected chi connectivity index (χ4v) is 4.69. The van der Waals surface area contributed by atoms with Gasteiger partial charge in [0.25, 0.3) is 0 Å². The van der Waals surface area contributed by atoms with Crippen LogP contribution in [-0.4, -0.2) is 85.0 Å². The topological polar surface area (TPSA) is 151 Å². The number of esters is 2. The molecule has 0 bridgehead atoms. The predicted octanol–water partition coefficient (Wildman–Crippen LogP) is 3.81. The Labute approximate surface area is 243 Å². The van der Waals surface area contributed by atoms with Crippen LogP contribution in [0.25, 0.3) is 0 Å². The molecule has 0 atom stereocenters. The normalized spacial score (nSPS) is 16.0. The SMILES string of the molecule is O=C(CCCCCNC(=O)N1CCCCCC1=O)OCCCOC(=O)CCCCCNC(=O)N1CCCCCC1=O. The molecule has 41 heavy (non-hydrogen) atoms. The molecular weight excluding hydrogens is 532 g/mol. The Kier molecular flexibility index (Phi) is 17.1. The number of carbonyl (C=O) groups excluding carboxylic acids is 6. The van der Waals surface area contributed by atoms with Crippen molar-refractivity contribution in [3.05, 3.63) is 0 Å². The van der Waals surface area contributed by atoms with Gasteiger partial charge in [-0.25, -0.2) is 9.59 Å². The van der Waals surface area contributed by atoms with Gasteiger partial charge < -0.3 is 20.1 Å². The average Bonchev–Trinajstić information content (AvgIpc) is 3.31. The predicted molar refractivity (Wildman–Crippen MR) is 151 cm³/mol. The molecule has 12 heteroatoms. The number of ether oxygens (including phenoxy) is 2. The van der Waals surface area contributed by atoms with Gasteiger partial charge in [-0.3, -0.25) is 29.0 Å². The molecule has 2 fully saturated rings. The first-order valence-electron chi connectivity index (χ1n) is 15.4. The summed E-state index contributed by atoms with van der Waals surface area (Å²) in [4.78, 5) is 74.5. The molecule has 0 radical (unpaired) electrons. The van der Waals surface area contributed by atoms with E-state index in [1.165, 1.54) is 9.80 Å². The Morgan fingerprint density at radius 2 is 1.00 bits per heavy atom. The van der Waals surface area contributed by atoms with Crippen LogP contribution in [-0.2, 0) is 28.7 Å². The summed E-state index contributed by atoms with van der Waals surface area (Å²) in [6.45, 7) is 2.24. The summed E-state index contributed by atoms with van der Waals surface area (Å²) in [5.41, 5.74) is 0. The number of hydrogen-bond acceptors (Lipinski definition) is 8. The summed E-state index contributed by atoms with van der Waals surface area (Å²) in [7, 11) is 0. The minimum absolute atomic E-state index is 0.115. The van der Waals surface area contributed by atoms with Crippen molar-refractivity contribution in [1.29, 1.82) is 0 Å². The maximum Gasteiger partial charge on any atom is 0.324 e. The van der Waals surface area contributed by atoms with E-state index in [0.29, 0.717) is 71.1 Å². The summed E-state index contributed by atoms with van der Waals surface area (Å²) in [6, 6.07) is -0.666. The summed E-state index contributed by atoms with van der Waals surface area (Å²) in [5, 5.41) is 5.56. The molecule has 2 aliphatic heterocycles. The highest BCUT2D eigenvalue weighted by Crippen LogP contribution is 2.12. The van der Waals surface area contributed by atoms with Crippen LogP contribution in [0.15, 0.2) is 0 Å². The van der Waals surface area contributed by atoms with E-state index in [1.54, 1.807) is 0 Å². The van der Waals surface area contributed by atoms with Crippen LogP contribution in [0.3, 0.4) is 0 Å². The van der Waals surface area contributed by atoms with E-state index in [2.05, 4.69) is 10.6 Å². The van der Waals surface area contributed by atoms with Gasteiger partial charge in [-0.1, -0.05) is 25.7 Å². The number of unbranched alkanes of at least 4 members (excludes halogenated alkanes) is 4. The highest BCUT2D eigenvalue weighted by molar-refractivity contribution is 5.95. The second kappa shape index (κ2) is 20.7. The molecule has 0 aromatic rings. The number of rotatable bonds is 16. The first kappa shape index (κ1) is 34.0.